The van der Waals surface area contributed by atoms with Gasteiger partial charge in [0.1, 0.15) is 11.5 Å². The Kier molecular flexibility index (Phi) is 2.59. The molecule has 1 aromatic carbocycles. The molecule has 1 fully saturated rings. The number of benzene rings is 1. The lowest BCUT2D eigenvalue weighted by Crippen LogP contribution is -2.41. The molecule has 0 bridgehead atoms. The molecular formula is C12H15NO3. The van der Waals surface area contributed by atoms with Crippen molar-refractivity contribution < 1.29 is 14.6 Å². The topological polar surface area (TPSA) is 58.6 Å². The van der Waals surface area contributed by atoms with Gasteiger partial charge in [-0.3, -0.25) is 4.79 Å². The summed E-state index contributed by atoms with van der Waals surface area (Å²) in [6.07, 6.45) is 0.306. The zero-order valence-electron chi connectivity index (χ0n) is 9.36. The number of rotatable bonds is 2. The third-order valence-electron chi connectivity index (χ3n) is 2.96. The summed E-state index contributed by atoms with van der Waals surface area (Å²) in [6.45, 7) is 1.61. The predicted molar refractivity (Wildman–Crippen MR) is 59.1 cm³/mol. The van der Waals surface area contributed by atoms with E-state index in [9.17, 15) is 9.90 Å². The van der Waals surface area contributed by atoms with E-state index in [2.05, 4.69) is 5.32 Å². The number of ether oxygens (including phenoxy) is 1. The van der Waals surface area contributed by atoms with Gasteiger partial charge in [-0.2, -0.15) is 0 Å². The Morgan fingerprint density at radius 3 is 2.88 bits per heavy atom. The van der Waals surface area contributed by atoms with E-state index < -0.39 is 5.72 Å². The van der Waals surface area contributed by atoms with Gasteiger partial charge in [-0.15, -0.1) is 0 Å². The largest absolute Gasteiger partial charge is 0.497 e. The summed E-state index contributed by atoms with van der Waals surface area (Å²) in [4.78, 5) is 11.3. The van der Waals surface area contributed by atoms with Gasteiger partial charge in [0.05, 0.1) is 7.11 Å². The summed E-state index contributed by atoms with van der Waals surface area (Å²) in [5, 5.41) is 12.6. The molecule has 1 aromatic rings. The molecule has 1 saturated heterocycles. The van der Waals surface area contributed by atoms with Gasteiger partial charge >= 0.3 is 0 Å². The number of nitrogens with one attached hydrogen (secondary N) is 1. The van der Waals surface area contributed by atoms with E-state index in [1.807, 2.05) is 24.3 Å². The van der Waals surface area contributed by atoms with Crippen molar-refractivity contribution in [3.05, 3.63) is 29.8 Å². The van der Waals surface area contributed by atoms with Crippen LogP contribution in [0.2, 0.25) is 0 Å². The van der Waals surface area contributed by atoms with Gasteiger partial charge in [0, 0.05) is 12.3 Å². The first kappa shape index (κ1) is 11.0. The van der Waals surface area contributed by atoms with Gasteiger partial charge in [0.25, 0.3) is 0 Å². The van der Waals surface area contributed by atoms with Crippen LogP contribution in [0.5, 0.6) is 5.75 Å². The van der Waals surface area contributed by atoms with Crippen molar-refractivity contribution in [1.29, 1.82) is 0 Å². The van der Waals surface area contributed by atoms with Crippen LogP contribution < -0.4 is 10.1 Å². The molecule has 2 unspecified atom stereocenters. The van der Waals surface area contributed by atoms with E-state index in [1.165, 1.54) is 0 Å². The highest BCUT2D eigenvalue weighted by Gasteiger charge is 2.42. The maximum absolute atomic E-state index is 11.3. The van der Waals surface area contributed by atoms with E-state index in [0.29, 0.717) is 6.42 Å². The molecule has 0 spiro atoms. The Labute approximate surface area is 94.2 Å². The maximum Gasteiger partial charge on any atom is 0.222 e. The lowest BCUT2D eigenvalue weighted by molar-refractivity contribution is -0.121. The summed E-state index contributed by atoms with van der Waals surface area (Å²) in [5.41, 5.74) is -0.272. The summed E-state index contributed by atoms with van der Waals surface area (Å²) in [6, 6.07) is 7.43. The molecule has 2 rings (SSSR count). The second kappa shape index (κ2) is 3.79. The van der Waals surface area contributed by atoms with Crippen molar-refractivity contribution in [2.45, 2.75) is 25.0 Å². The van der Waals surface area contributed by atoms with E-state index in [1.54, 1.807) is 14.0 Å². The van der Waals surface area contributed by atoms with Gasteiger partial charge in [-0.25, -0.2) is 0 Å². The first-order chi connectivity index (χ1) is 7.53. The van der Waals surface area contributed by atoms with E-state index in [-0.39, 0.29) is 11.8 Å². The number of methoxy groups -OCH3 is 1. The quantitative estimate of drug-likeness (QED) is 0.783. The number of carbonyl (C=O) groups is 1. The highest BCUT2D eigenvalue weighted by molar-refractivity contribution is 5.80. The van der Waals surface area contributed by atoms with Crippen LogP contribution in [0.4, 0.5) is 0 Å². The zero-order valence-corrected chi connectivity index (χ0v) is 9.36. The fraction of sp³-hybridized carbons (Fsp3) is 0.417. The zero-order chi connectivity index (χ0) is 11.8. The van der Waals surface area contributed by atoms with Crippen LogP contribution in [0, 0.1) is 0 Å². The molecule has 2 N–H and O–H groups in total. The smallest absolute Gasteiger partial charge is 0.222 e. The van der Waals surface area contributed by atoms with Crippen molar-refractivity contribution in [2.24, 2.45) is 0 Å². The van der Waals surface area contributed by atoms with Gasteiger partial charge in [0.15, 0.2) is 0 Å². The molecule has 0 saturated carbocycles. The van der Waals surface area contributed by atoms with Gasteiger partial charge in [-0.1, -0.05) is 12.1 Å². The Balaban J connectivity index is 2.33. The summed E-state index contributed by atoms with van der Waals surface area (Å²) in [7, 11) is 1.59. The summed E-state index contributed by atoms with van der Waals surface area (Å²) >= 11 is 0. The van der Waals surface area contributed by atoms with Crippen LogP contribution >= 0.6 is 0 Å². The van der Waals surface area contributed by atoms with E-state index >= 15 is 0 Å². The van der Waals surface area contributed by atoms with Crippen LogP contribution in [0.1, 0.15) is 24.8 Å². The molecule has 4 nitrogen and oxygen atoms in total. The molecular weight excluding hydrogens is 206 g/mol. The predicted octanol–water partition coefficient (Wildman–Crippen LogP) is 1.01. The highest BCUT2D eigenvalue weighted by Crippen LogP contribution is 2.35. The molecule has 0 aromatic heterocycles. The number of aliphatic hydroxyl groups is 1. The SMILES string of the molecule is COc1cccc(C2CC(=O)NC2(C)O)c1. The minimum atomic E-state index is -1.18. The van der Waals surface area contributed by atoms with E-state index in [0.717, 1.165) is 11.3 Å². The van der Waals surface area contributed by atoms with E-state index in [4.69, 9.17) is 4.74 Å². The average molecular weight is 221 g/mol. The monoisotopic (exact) mass is 221 g/mol. The van der Waals surface area contributed by atoms with Crippen LogP contribution in [-0.4, -0.2) is 23.8 Å². The number of hydrogen-bond donors (Lipinski definition) is 2. The molecule has 0 radical (unpaired) electrons. The normalized spacial score (nSPS) is 28.9. The lowest BCUT2D eigenvalue weighted by atomic mass is 9.90. The Hall–Kier alpha value is -1.55. The molecule has 2 atom stereocenters. The van der Waals surface area contributed by atoms with Crippen LogP contribution in [-0.2, 0) is 4.79 Å². The molecule has 1 heterocycles. The molecule has 1 aliphatic heterocycles. The second-order valence-electron chi connectivity index (χ2n) is 4.23. The van der Waals surface area contributed by atoms with Crippen LogP contribution in [0.3, 0.4) is 0 Å². The first-order valence-corrected chi connectivity index (χ1v) is 5.20. The van der Waals surface area contributed by atoms with Gasteiger partial charge in [-0.05, 0) is 24.6 Å². The van der Waals surface area contributed by atoms with Crippen molar-refractivity contribution in [2.75, 3.05) is 7.11 Å². The molecule has 1 amide bonds. The molecule has 0 aliphatic carbocycles. The average Bonchev–Trinajstić information content (AvgIpc) is 2.52. The Morgan fingerprint density at radius 2 is 2.31 bits per heavy atom. The first-order valence-electron chi connectivity index (χ1n) is 5.20. The number of hydrogen-bond acceptors (Lipinski definition) is 3. The second-order valence-corrected chi connectivity index (χ2v) is 4.23. The fourth-order valence-electron chi connectivity index (χ4n) is 2.11. The highest BCUT2D eigenvalue weighted by atomic mass is 16.5. The lowest BCUT2D eigenvalue weighted by Gasteiger charge is -2.25. The molecule has 4 heteroatoms. The van der Waals surface area contributed by atoms with Crippen molar-refractivity contribution >= 4 is 5.91 Å². The van der Waals surface area contributed by atoms with Crippen LogP contribution in [0.15, 0.2) is 24.3 Å². The third kappa shape index (κ3) is 1.88. The molecule has 16 heavy (non-hydrogen) atoms. The maximum atomic E-state index is 11.3. The van der Waals surface area contributed by atoms with Crippen molar-refractivity contribution in [3.8, 4) is 5.75 Å². The van der Waals surface area contributed by atoms with Crippen LogP contribution in [0.25, 0.3) is 0 Å². The van der Waals surface area contributed by atoms with Gasteiger partial charge < -0.3 is 15.2 Å². The van der Waals surface area contributed by atoms with Gasteiger partial charge in [0.2, 0.25) is 5.91 Å². The minimum Gasteiger partial charge on any atom is -0.497 e. The Morgan fingerprint density at radius 1 is 1.56 bits per heavy atom. The van der Waals surface area contributed by atoms with Crippen molar-refractivity contribution in [1.82, 2.24) is 5.32 Å². The summed E-state index contributed by atoms with van der Waals surface area (Å²) < 4.78 is 5.12. The number of amides is 1. The Bertz CT molecular complexity index is 414. The molecule has 86 valence electrons. The molecule has 1 aliphatic rings. The number of carbonyl (C=O) groups excluding carboxylic acids is 1. The minimum absolute atomic E-state index is 0.127. The standard InChI is InChI=1S/C12H15NO3/c1-12(15)10(7-11(14)13-12)8-4-3-5-9(6-8)16-2/h3-6,10,15H,7H2,1-2H3,(H,13,14). The third-order valence-corrected chi connectivity index (χ3v) is 2.96. The fourth-order valence-corrected chi connectivity index (χ4v) is 2.11. The summed E-state index contributed by atoms with van der Waals surface area (Å²) in [5.74, 6) is 0.376. The van der Waals surface area contributed by atoms with Crippen molar-refractivity contribution in [3.63, 3.8) is 0 Å².